The molecule has 12 heavy (non-hydrogen) atoms. The fourth-order valence-electron chi connectivity index (χ4n) is 0.780. The SMILES string of the molecule is Ic1ncn(-c2nccs2)c1I. The Morgan fingerprint density at radius 3 is 2.67 bits per heavy atom. The van der Waals surface area contributed by atoms with E-state index in [1.807, 2.05) is 9.95 Å². The molecule has 0 bridgehead atoms. The molecule has 2 aromatic heterocycles. The van der Waals surface area contributed by atoms with Crippen LogP contribution in [0.5, 0.6) is 0 Å². The molecule has 62 valence electrons. The first-order valence-electron chi connectivity index (χ1n) is 3.07. The van der Waals surface area contributed by atoms with Gasteiger partial charge in [-0.05, 0) is 45.2 Å². The molecule has 0 spiro atoms. The van der Waals surface area contributed by atoms with Crippen molar-refractivity contribution >= 4 is 56.5 Å². The van der Waals surface area contributed by atoms with Gasteiger partial charge in [-0.2, -0.15) is 0 Å². The van der Waals surface area contributed by atoms with Crippen molar-refractivity contribution in [1.29, 1.82) is 0 Å². The van der Waals surface area contributed by atoms with E-state index < -0.39 is 0 Å². The molecule has 0 atom stereocenters. The Morgan fingerprint density at radius 1 is 1.33 bits per heavy atom. The van der Waals surface area contributed by atoms with Crippen molar-refractivity contribution in [3.63, 3.8) is 0 Å². The molecule has 0 fully saturated rings. The molecular formula is C6H3I2N3S. The third-order valence-corrected chi connectivity index (χ3v) is 4.92. The lowest BCUT2D eigenvalue weighted by Crippen LogP contribution is -1.93. The highest BCUT2D eigenvalue weighted by Gasteiger charge is 2.07. The lowest BCUT2D eigenvalue weighted by Gasteiger charge is -1.95. The van der Waals surface area contributed by atoms with Crippen molar-refractivity contribution < 1.29 is 0 Å². The van der Waals surface area contributed by atoms with Crippen LogP contribution in [-0.4, -0.2) is 14.5 Å². The first-order valence-corrected chi connectivity index (χ1v) is 6.11. The highest BCUT2D eigenvalue weighted by atomic mass is 127. The second kappa shape index (κ2) is 3.58. The lowest BCUT2D eigenvalue weighted by atomic mass is 10.9. The molecule has 2 heterocycles. The van der Waals surface area contributed by atoms with E-state index in [2.05, 4.69) is 55.1 Å². The maximum atomic E-state index is 4.19. The molecule has 6 heteroatoms. The summed E-state index contributed by atoms with van der Waals surface area (Å²) >= 11 is 6.08. The number of hydrogen-bond acceptors (Lipinski definition) is 3. The molecule has 0 aliphatic heterocycles. The van der Waals surface area contributed by atoms with Crippen molar-refractivity contribution in [2.45, 2.75) is 0 Å². The van der Waals surface area contributed by atoms with Crippen molar-refractivity contribution in [2.24, 2.45) is 0 Å². The Bertz CT molecular complexity index is 381. The van der Waals surface area contributed by atoms with Gasteiger partial charge in [0.1, 0.15) is 13.7 Å². The maximum Gasteiger partial charge on any atom is 0.195 e. The maximum absolute atomic E-state index is 4.19. The van der Waals surface area contributed by atoms with Crippen LogP contribution in [0.15, 0.2) is 17.9 Å². The summed E-state index contributed by atoms with van der Waals surface area (Å²) in [7, 11) is 0. The van der Waals surface area contributed by atoms with Crippen LogP contribution in [0.25, 0.3) is 5.13 Å². The van der Waals surface area contributed by atoms with Gasteiger partial charge in [-0.25, -0.2) is 9.97 Å². The molecule has 0 saturated heterocycles. The summed E-state index contributed by atoms with van der Waals surface area (Å²) in [5, 5.41) is 2.92. The van der Waals surface area contributed by atoms with Gasteiger partial charge in [-0.3, -0.25) is 4.57 Å². The topological polar surface area (TPSA) is 30.7 Å². The van der Waals surface area contributed by atoms with Crippen LogP contribution >= 0.6 is 56.5 Å². The van der Waals surface area contributed by atoms with Gasteiger partial charge in [0.25, 0.3) is 0 Å². The number of halogens is 2. The van der Waals surface area contributed by atoms with E-state index in [0.717, 1.165) is 12.5 Å². The van der Waals surface area contributed by atoms with Gasteiger partial charge in [0.15, 0.2) is 5.13 Å². The summed E-state index contributed by atoms with van der Waals surface area (Å²) in [5.74, 6) is 0. The second-order valence-electron chi connectivity index (χ2n) is 2.01. The number of hydrogen-bond donors (Lipinski definition) is 0. The van der Waals surface area contributed by atoms with Crippen molar-refractivity contribution in [3.05, 3.63) is 25.3 Å². The van der Waals surface area contributed by atoms with E-state index >= 15 is 0 Å². The van der Waals surface area contributed by atoms with Crippen molar-refractivity contribution in [1.82, 2.24) is 14.5 Å². The number of thiazole rings is 1. The van der Waals surface area contributed by atoms with Crippen LogP contribution in [-0.2, 0) is 0 Å². The molecule has 0 unspecified atom stereocenters. The fraction of sp³-hybridized carbons (Fsp3) is 0. The third-order valence-electron chi connectivity index (χ3n) is 1.29. The van der Waals surface area contributed by atoms with E-state index in [1.165, 1.54) is 0 Å². The Balaban J connectivity index is 2.55. The van der Waals surface area contributed by atoms with Crippen LogP contribution in [0.3, 0.4) is 0 Å². The molecule has 0 amide bonds. The monoisotopic (exact) mass is 403 g/mol. The van der Waals surface area contributed by atoms with E-state index in [9.17, 15) is 0 Å². The van der Waals surface area contributed by atoms with Gasteiger partial charge in [-0.1, -0.05) is 0 Å². The molecular weight excluding hydrogens is 400 g/mol. The summed E-state index contributed by atoms with van der Waals surface area (Å²) in [5.41, 5.74) is 0. The van der Waals surface area contributed by atoms with Gasteiger partial charge in [0, 0.05) is 11.6 Å². The lowest BCUT2D eigenvalue weighted by molar-refractivity contribution is 1.01. The third kappa shape index (κ3) is 1.51. The van der Waals surface area contributed by atoms with Gasteiger partial charge >= 0.3 is 0 Å². The first-order chi connectivity index (χ1) is 5.79. The Labute approximate surface area is 101 Å². The minimum absolute atomic E-state index is 0.967. The standard InChI is InChI=1S/C6H3I2N3S/c7-4-5(8)11(3-10-4)6-9-1-2-12-6/h1-3H. The Hall–Kier alpha value is 0.300. The first kappa shape index (κ1) is 8.88. The molecule has 0 aromatic carbocycles. The van der Waals surface area contributed by atoms with Gasteiger partial charge in [0.05, 0.1) is 0 Å². The second-order valence-corrected chi connectivity index (χ2v) is 4.93. The Morgan fingerprint density at radius 2 is 2.17 bits per heavy atom. The minimum atomic E-state index is 0.967. The van der Waals surface area contributed by atoms with E-state index in [0.29, 0.717) is 0 Å². The highest BCUT2D eigenvalue weighted by molar-refractivity contribution is 14.1. The average molecular weight is 403 g/mol. The molecule has 0 aliphatic carbocycles. The normalized spacial score (nSPS) is 10.5. The minimum Gasteiger partial charge on any atom is -0.268 e. The summed E-state index contributed by atoms with van der Waals surface area (Å²) in [6.07, 6.45) is 3.59. The van der Waals surface area contributed by atoms with E-state index in [-0.39, 0.29) is 0 Å². The molecule has 2 rings (SSSR count). The van der Waals surface area contributed by atoms with Crippen molar-refractivity contribution in [3.8, 4) is 5.13 Å². The number of imidazole rings is 1. The van der Waals surface area contributed by atoms with Gasteiger partial charge in [-0.15, -0.1) is 11.3 Å². The summed E-state index contributed by atoms with van der Waals surface area (Å²) in [6, 6.07) is 0. The van der Waals surface area contributed by atoms with Crippen molar-refractivity contribution in [2.75, 3.05) is 0 Å². The van der Waals surface area contributed by atoms with E-state index in [1.54, 1.807) is 23.9 Å². The summed E-state index contributed by atoms with van der Waals surface area (Å²) < 4.78 is 4.11. The zero-order chi connectivity index (χ0) is 8.55. The smallest absolute Gasteiger partial charge is 0.195 e. The summed E-state index contributed by atoms with van der Waals surface area (Å²) in [4.78, 5) is 8.37. The van der Waals surface area contributed by atoms with Crippen LogP contribution in [0.1, 0.15) is 0 Å². The van der Waals surface area contributed by atoms with Crippen LogP contribution in [0, 0.1) is 7.40 Å². The molecule has 0 radical (unpaired) electrons. The van der Waals surface area contributed by atoms with Gasteiger partial charge < -0.3 is 0 Å². The number of aromatic nitrogens is 3. The molecule has 3 nitrogen and oxygen atoms in total. The zero-order valence-corrected chi connectivity index (χ0v) is 10.9. The fourth-order valence-corrected chi connectivity index (χ4v) is 2.44. The molecule has 0 aliphatic rings. The van der Waals surface area contributed by atoms with E-state index in [4.69, 9.17) is 0 Å². The quantitative estimate of drug-likeness (QED) is 0.686. The number of nitrogens with zero attached hydrogens (tertiary/aromatic N) is 3. The zero-order valence-electron chi connectivity index (χ0n) is 5.74. The molecule has 0 saturated carbocycles. The van der Waals surface area contributed by atoms with Crippen LogP contribution in [0.4, 0.5) is 0 Å². The predicted molar refractivity (Wildman–Crippen MR) is 64.7 cm³/mol. The van der Waals surface area contributed by atoms with Gasteiger partial charge in [0.2, 0.25) is 0 Å². The van der Waals surface area contributed by atoms with Crippen LogP contribution in [0.2, 0.25) is 0 Å². The Kier molecular flexibility index (Phi) is 2.65. The molecule has 0 N–H and O–H groups in total. The molecule has 2 aromatic rings. The summed E-state index contributed by atoms with van der Waals surface area (Å²) in [6.45, 7) is 0. The number of rotatable bonds is 1. The van der Waals surface area contributed by atoms with Crippen LogP contribution < -0.4 is 0 Å². The largest absolute Gasteiger partial charge is 0.268 e. The highest BCUT2D eigenvalue weighted by Crippen LogP contribution is 2.19. The predicted octanol–water partition coefficient (Wildman–Crippen LogP) is 2.54. The average Bonchev–Trinajstić information content (AvgIpc) is 2.64.